The van der Waals surface area contributed by atoms with Gasteiger partial charge in [-0.3, -0.25) is 9.80 Å². The molecule has 0 aromatic carbocycles. The smallest absolute Gasteiger partial charge is 0.0798 e. The Hall–Kier alpha value is -0.490. The van der Waals surface area contributed by atoms with Gasteiger partial charge in [0, 0.05) is 43.6 Å². The molecule has 3 fully saturated rings. The molecule has 1 aromatic heterocycles. The van der Waals surface area contributed by atoms with Crippen molar-refractivity contribution in [2.24, 2.45) is 11.3 Å². The van der Waals surface area contributed by atoms with Gasteiger partial charge >= 0.3 is 0 Å². The minimum absolute atomic E-state index is 0.505. The number of hydrogen-bond donors (Lipinski definition) is 0. The first-order valence-electron chi connectivity index (χ1n) is 9.54. The molecule has 0 N–H and O–H groups in total. The second-order valence-corrected chi connectivity index (χ2v) is 9.11. The van der Waals surface area contributed by atoms with Gasteiger partial charge in [-0.25, -0.2) is 4.98 Å². The normalized spacial score (nSPS) is 28.5. The Labute approximate surface area is 150 Å². The molecular formula is C19H31N3OS. The van der Waals surface area contributed by atoms with E-state index in [1.165, 1.54) is 68.9 Å². The topological polar surface area (TPSA) is 28.6 Å². The van der Waals surface area contributed by atoms with Gasteiger partial charge in [0.2, 0.25) is 0 Å². The third kappa shape index (κ3) is 3.16. The highest BCUT2D eigenvalue weighted by molar-refractivity contribution is 7.09. The quantitative estimate of drug-likeness (QED) is 0.816. The Morgan fingerprint density at radius 2 is 2.12 bits per heavy atom. The van der Waals surface area contributed by atoms with E-state index >= 15 is 0 Å². The first-order valence-corrected chi connectivity index (χ1v) is 10.4. The number of ether oxygens (including phenoxy) is 1. The van der Waals surface area contributed by atoms with Crippen LogP contribution in [0.2, 0.25) is 0 Å². The molecule has 5 heteroatoms. The predicted octanol–water partition coefficient (Wildman–Crippen LogP) is 3.16. The highest BCUT2D eigenvalue weighted by Crippen LogP contribution is 2.47. The molecule has 1 atom stereocenters. The number of aryl methyl sites for hydroxylation is 1. The van der Waals surface area contributed by atoms with E-state index in [0.29, 0.717) is 5.41 Å². The molecule has 2 aliphatic heterocycles. The van der Waals surface area contributed by atoms with Crippen molar-refractivity contribution in [2.75, 3.05) is 39.9 Å². The lowest BCUT2D eigenvalue weighted by molar-refractivity contribution is 0.0339. The van der Waals surface area contributed by atoms with Crippen LogP contribution >= 0.6 is 11.3 Å². The second-order valence-electron chi connectivity index (χ2n) is 8.17. The first kappa shape index (κ1) is 17.0. The molecular weight excluding hydrogens is 318 g/mol. The maximum Gasteiger partial charge on any atom is 0.0798 e. The zero-order chi connectivity index (χ0) is 16.6. The van der Waals surface area contributed by atoms with Crippen LogP contribution in [0.1, 0.15) is 42.7 Å². The highest BCUT2D eigenvalue weighted by atomic mass is 32.1. The van der Waals surface area contributed by atoms with Crippen molar-refractivity contribution in [1.29, 1.82) is 0 Å². The van der Waals surface area contributed by atoms with Crippen LogP contribution in [0.15, 0.2) is 5.51 Å². The first-order chi connectivity index (χ1) is 11.7. The van der Waals surface area contributed by atoms with E-state index in [1.807, 2.05) is 24.0 Å². The van der Waals surface area contributed by atoms with Crippen LogP contribution in [-0.2, 0) is 11.3 Å². The number of aromatic nitrogens is 1. The minimum atomic E-state index is 0.505. The van der Waals surface area contributed by atoms with E-state index in [4.69, 9.17) is 4.74 Å². The molecule has 1 spiro atoms. The molecule has 0 amide bonds. The summed E-state index contributed by atoms with van der Waals surface area (Å²) in [6, 6.07) is 0.876. The molecule has 0 bridgehead atoms. The van der Waals surface area contributed by atoms with Crippen molar-refractivity contribution in [1.82, 2.24) is 14.8 Å². The van der Waals surface area contributed by atoms with Gasteiger partial charge in [0.05, 0.1) is 17.8 Å². The van der Waals surface area contributed by atoms with Gasteiger partial charge < -0.3 is 4.74 Å². The van der Waals surface area contributed by atoms with Crippen molar-refractivity contribution in [2.45, 2.75) is 51.6 Å². The van der Waals surface area contributed by atoms with Crippen LogP contribution < -0.4 is 0 Å². The number of thiazole rings is 1. The van der Waals surface area contributed by atoms with Crippen molar-refractivity contribution < 1.29 is 4.74 Å². The molecule has 3 heterocycles. The summed E-state index contributed by atoms with van der Waals surface area (Å²) in [5.74, 6) is 0.732. The Balaban J connectivity index is 1.39. The minimum Gasteiger partial charge on any atom is -0.384 e. The maximum atomic E-state index is 5.61. The van der Waals surface area contributed by atoms with Gasteiger partial charge in [-0.15, -0.1) is 11.3 Å². The number of likely N-dealkylation sites (tertiary alicyclic amines) is 2. The fourth-order valence-electron chi connectivity index (χ4n) is 4.94. The van der Waals surface area contributed by atoms with Crippen LogP contribution in [-0.4, -0.2) is 60.7 Å². The largest absolute Gasteiger partial charge is 0.384 e. The van der Waals surface area contributed by atoms with Gasteiger partial charge in [-0.2, -0.15) is 0 Å². The van der Waals surface area contributed by atoms with Crippen LogP contribution in [0.25, 0.3) is 0 Å². The zero-order valence-corrected chi connectivity index (χ0v) is 16.0. The number of nitrogens with zero attached hydrogens (tertiary/aromatic N) is 3. The molecule has 0 radical (unpaired) electrons. The van der Waals surface area contributed by atoms with E-state index in [9.17, 15) is 0 Å². The van der Waals surface area contributed by atoms with Crippen LogP contribution in [0, 0.1) is 18.3 Å². The number of hydrogen-bond acceptors (Lipinski definition) is 5. The molecule has 4 rings (SSSR count). The van der Waals surface area contributed by atoms with Crippen LogP contribution in [0.3, 0.4) is 0 Å². The summed E-state index contributed by atoms with van der Waals surface area (Å²) in [4.78, 5) is 11.3. The lowest BCUT2D eigenvalue weighted by Crippen LogP contribution is -2.45. The van der Waals surface area contributed by atoms with Crippen LogP contribution in [0.4, 0.5) is 0 Å². The molecule has 2 saturated heterocycles. The standard InChI is InChI=1S/C19H31N3OS/c1-15-18(24-14-20-15)11-21-8-6-19(7-9-21)13-22(17-4-3-5-17)10-16(19)12-23-2/h14,16-17H,3-13H2,1-2H3. The van der Waals surface area contributed by atoms with Crippen molar-refractivity contribution in [3.05, 3.63) is 16.1 Å². The Kier molecular flexibility index (Phi) is 4.96. The van der Waals surface area contributed by atoms with Gasteiger partial charge in [-0.1, -0.05) is 6.42 Å². The fourth-order valence-corrected chi connectivity index (χ4v) is 5.76. The van der Waals surface area contributed by atoms with Crippen molar-refractivity contribution >= 4 is 11.3 Å². The summed E-state index contributed by atoms with van der Waals surface area (Å²) in [7, 11) is 1.88. The second kappa shape index (κ2) is 7.02. The fraction of sp³-hybridized carbons (Fsp3) is 0.842. The molecule has 1 saturated carbocycles. The molecule has 3 aliphatic rings. The number of methoxy groups -OCH3 is 1. The summed E-state index contributed by atoms with van der Waals surface area (Å²) in [5, 5.41) is 0. The lowest BCUT2D eigenvalue weighted by atomic mass is 9.71. The van der Waals surface area contributed by atoms with E-state index in [2.05, 4.69) is 21.7 Å². The highest BCUT2D eigenvalue weighted by Gasteiger charge is 2.49. The summed E-state index contributed by atoms with van der Waals surface area (Å²) in [6.45, 7) is 9.22. The monoisotopic (exact) mass is 349 g/mol. The van der Waals surface area contributed by atoms with Gasteiger partial charge in [0.1, 0.15) is 0 Å². The third-order valence-electron chi connectivity index (χ3n) is 6.86. The van der Waals surface area contributed by atoms with E-state index in [1.54, 1.807) is 0 Å². The molecule has 4 nitrogen and oxygen atoms in total. The molecule has 1 aliphatic carbocycles. The van der Waals surface area contributed by atoms with Crippen LogP contribution in [0.5, 0.6) is 0 Å². The number of piperidine rings is 1. The van der Waals surface area contributed by atoms with Gasteiger partial charge in [-0.05, 0) is 51.1 Å². The van der Waals surface area contributed by atoms with E-state index in [-0.39, 0.29) is 0 Å². The summed E-state index contributed by atoms with van der Waals surface area (Å²) >= 11 is 1.81. The van der Waals surface area contributed by atoms with E-state index < -0.39 is 0 Å². The molecule has 24 heavy (non-hydrogen) atoms. The average Bonchev–Trinajstić information content (AvgIpc) is 3.06. The Morgan fingerprint density at radius 3 is 2.71 bits per heavy atom. The molecule has 1 aromatic rings. The number of rotatable bonds is 5. The predicted molar refractivity (Wildman–Crippen MR) is 98.4 cm³/mol. The summed E-state index contributed by atoms with van der Waals surface area (Å²) in [6.07, 6.45) is 6.95. The Morgan fingerprint density at radius 1 is 1.33 bits per heavy atom. The van der Waals surface area contributed by atoms with Gasteiger partial charge in [0.25, 0.3) is 0 Å². The van der Waals surface area contributed by atoms with E-state index in [0.717, 1.165) is 25.1 Å². The average molecular weight is 350 g/mol. The third-order valence-corrected chi connectivity index (χ3v) is 7.78. The maximum absolute atomic E-state index is 5.61. The van der Waals surface area contributed by atoms with Crippen molar-refractivity contribution in [3.63, 3.8) is 0 Å². The lowest BCUT2D eigenvalue weighted by Gasteiger charge is -2.43. The Bertz CT molecular complexity index is 549. The summed E-state index contributed by atoms with van der Waals surface area (Å²) in [5.41, 5.74) is 3.71. The SMILES string of the molecule is COCC1CN(C2CCC2)CC12CCN(Cc1scnc1C)CC2. The zero-order valence-electron chi connectivity index (χ0n) is 15.2. The van der Waals surface area contributed by atoms with Gasteiger partial charge in [0.15, 0.2) is 0 Å². The molecule has 134 valence electrons. The summed E-state index contributed by atoms with van der Waals surface area (Å²) < 4.78 is 5.61. The van der Waals surface area contributed by atoms with Crippen molar-refractivity contribution in [3.8, 4) is 0 Å². The molecule has 1 unspecified atom stereocenters.